The number of nitrogens with zero attached hydrogens (tertiary/aromatic N) is 3. The van der Waals surface area contributed by atoms with Crippen molar-refractivity contribution in [1.29, 1.82) is 0 Å². The number of fused-ring (bicyclic) bond motifs is 3. The highest BCUT2D eigenvalue weighted by Gasteiger charge is 2.26. The van der Waals surface area contributed by atoms with Gasteiger partial charge in [0.25, 0.3) is 5.56 Å². The van der Waals surface area contributed by atoms with Crippen LogP contribution in [-0.4, -0.2) is 20.6 Å². The number of halogens is 2. The van der Waals surface area contributed by atoms with Crippen LogP contribution < -0.4 is 10.9 Å². The summed E-state index contributed by atoms with van der Waals surface area (Å²) in [4.78, 5) is 24.4. The Labute approximate surface area is 191 Å². The van der Waals surface area contributed by atoms with E-state index in [9.17, 15) is 13.6 Å². The SMILES string of the molecule is Cc1nc(C(C)n2cnc3sc4c(c3c2=O)CCC(NCc2cccc(F)c2F)C4)cs1. The lowest BCUT2D eigenvalue weighted by Crippen LogP contribution is -2.34. The average Bonchev–Trinajstić information content (AvgIpc) is 3.38. The van der Waals surface area contributed by atoms with E-state index in [1.54, 1.807) is 39.6 Å². The van der Waals surface area contributed by atoms with Gasteiger partial charge in [0.05, 0.1) is 28.5 Å². The number of rotatable bonds is 5. The smallest absolute Gasteiger partial charge is 0.262 e. The van der Waals surface area contributed by atoms with Crippen LogP contribution in [0.5, 0.6) is 0 Å². The molecule has 9 heteroatoms. The first-order valence-electron chi connectivity index (χ1n) is 10.5. The number of hydrogen-bond donors (Lipinski definition) is 1. The summed E-state index contributed by atoms with van der Waals surface area (Å²) in [7, 11) is 0. The first-order chi connectivity index (χ1) is 15.4. The third-order valence-electron chi connectivity index (χ3n) is 6.09. The lowest BCUT2D eigenvalue weighted by molar-refractivity contribution is 0.445. The Balaban J connectivity index is 1.39. The highest BCUT2D eigenvalue weighted by atomic mass is 32.1. The summed E-state index contributed by atoms with van der Waals surface area (Å²) in [6.07, 6.45) is 3.94. The monoisotopic (exact) mass is 472 g/mol. The van der Waals surface area contributed by atoms with Gasteiger partial charge >= 0.3 is 0 Å². The van der Waals surface area contributed by atoms with Gasteiger partial charge in [0.2, 0.25) is 0 Å². The predicted octanol–water partition coefficient (Wildman–Crippen LogP) is 4.76. The van der Waals surface area contributed by atoms with E-state index >= 15 is 0 Å². The van der Waals surface area contributed by atoms with E-state index < -0.39 is 11.6 Å². The predicted molar refractivity (Wildman–Crippen MR) is 124 cm³/mol. The van der Waals surface area contributed by atoms with Crippen molar-refractivity contribution in [1.82, 2.24) is 19.9 Å². The van der Waals surface area contributed by atoms with E-state index in [0.717, 1.165) is 51.3 Å². The van der Waals surface area contributed by atoms with Crippen LogP contribution in [-0.2, 0) is 19.4 Å². The van der Waals surface area contributed by atoms with Crippen LogP contribution in [0.1, 0.15) is 46.1 Å². The standard InChI is InChI=1S/C23H22F2N4OS2/c1-12(18-10-31-13(2)28-18)29-11-27-22-20(23(29)30)16-7-6-15(8-19(16)32-22)26-9-14-4-3-5-17(24)21(14)25/h3-5,10-12,15,26H,6-9H2,1-2H3. The molecule has 5 nitrogen and oxygen atoms in total. The number of aromatic nitrogens is 3. The van der Waals surface area contributed by atoms with Crippen LogP contribution in [0.2, 0.25) is 0 Å². The summed E-state index contributed by atoms with van der Waals surface area (Å²) in [5.74, 6) is -1.63. The largest absolute Gasteiger partial charge is 0.309 e. The average molecular weight is 473 g/mol. The topological polar surface area (TPSA) is 59.8 Å². The van der Waals surface area contributed by atoms with Crippen molar-refractivity contribution in [2.24, 2.45) is 0 Å². The molecule has 0 amide bonds. The Morgan fingerprint density at radius 3 is 2.97 bits per heavy atom. The summed E-state index contributed by atoms with van der Waals surface area (Å²) >= 11 is 3.12. The molecular formula is C23H22F2N4OS2. The second-order valence-corrected chi connectivity index (χ2v) is 10.3. The number of thiazole rings is 1. The van der Waals surface area contributed by atoms with Crippen LogP contribution in [0.3, 0.4) is 0 Å². The second kappa shape index (κ2) is 8.46. The zero-order valence-electron chi connectivity index (χ0n) is 17.7. The van der Waals surface area contributed by atoms with Crippen LogP contribution in [0.4, 0.5) is 8.78 Å². The Morgan fingerprint density at radius 2 is 2.19 bits per heavy atom. The van der Waals surface area contributed by atoms with Gasteiger partial charge in [0.15, 0.2) is 11.6 Å². The molecule has 0 radical (unpaired) electrons. The van der Waals surface area contributed by atoms with E-state index in [1.165, 1.54) is 6.07 Å². The molecule has 1 aromatic carbocycles. The number of hydrogen-bond acceptors (Lipinski definition) is 6. The van der Waals surface area contributed by atoms with Crippen molar-refractivity contribution >= 4 is 32.9 Å². The molecule has 0 saturated carbocycles. The summed E-state index contributed by atoms with van der Waals surface area (Å²) in [5, 5.41) is 7.01. The minimum Gasteiger partial charge on any atom is -0.309 e. The highest BCUT2D eigenvalue weighted by Crippen LogP contribution is 2.34. The molecule has 0 bridgehead atoms. The Hall–Kier alpha value is -2.49. The Morgan fingerprint density at radius 1 is 1.34 bits per heavy atom. The number of aryl methyl sites for hydroxylation is 2. The van der Waals surface area contributed by atoms with Gasteiger partial charge in [-0.1, -0.05) is 12.1 Å². The third kappa shape index (κ3) is 3.78. The Bertz CT molecular complexity index is 1360. The van der Waals surface area contributed by atoms with Crippen molar-refractivity contribution in [2.75, 3.05) is 0 Å². The molecule has 1 aliphatic rings. The first kappa shape index (κ1) is 21.4. The van der Waals surface area contributed by atoms with Crippen molar-refractivity contribution in [3.8, 4) is 0 Å². The van der Waals surface area contributed by atoms with Crippen molar-refractivity contribution in [3.63, 3.8) is 0 Å². The van der Waals surface area contributed by atoms with Gasteiger partial charge in [-0.15, -0.1) is 22.7 Å². The second-order valence-electron chi connectivity index (χ2n) is 8.14. The van der Waals surface area contributed by atoms with E-state index in [1.807, 2.05) is 19.2 Å². The molecule has 4 aromatic rings. The highest BCUT2D eigenvalue weighted by molar-refractivity contribution is 7.18. The Kier molecular flexibility index (Phi) is 5.65. The normalized spacial score (nSPS) is 16.9. The molecule has 2 atom stereocenters. The van der Waals surface area contributed by atoms with Crippen LogP contribution in [0, 0.1) is 18.6 Å². The van der Waals surface area contributed by atoms with Crippen molar-refractivity contribution in [2.45, 2.75) is 51.7 Å². The maximum atomic E-state index is 13.9. The lowest BCUT2D eigenvalue weighted by Gasteiger charge is -2.23. The zero-order chi connectivity index (χ0) is 22.4. The molecule has 2 unspecified atom stereocenters. The summed E-state index contributed by atoms with van der Waals surface area (Å²) in [6.45, 7) is 4.19. The molecule has 3 heterocycles. The molecule has 166 valence electrons. The number of benzene rings is 1. The minimum absolute atomic E-state index is 0.0288. The zero-order valence-corrected chi connectivity index (χ0v) is 19.3. The van der Waals surface area contributed by atoms with E-state index in [0.29, 0.717) is 10.9 Å². The molecule has 0 fully saturated rings. The van der Waals surface area contributed by atoms with E-state index in [2.05, 4.69) is 15.3 Å². The van der Waals surface area contributed by atoms with Crippen LogP contribution >= 0.6 is 22.7 Å². The van der Waals surface area contributed by atoms with Gasteiger partial charge in [-0.05, 0) is 44.7 Å². The van der Waals surface area contributed by atoms with Crippen LogP contribution in [0.25, 0.3) is 10.2 Å². The minimum atomic E-state index is -0.830. The molecular weight excluding hydrogens is 450 g/mol. The maximum Gasteiger partial charge on any atom is 0.262 e. The summed E-state index contributed by atoms with van der Waals surface area (Å²) in [6, 6.07) is 4.19. The fourth-order valence-electron chi connectivity index (χ4n) is 4.28. The summed E-state index contributed by atoms with van der Waals surface area (Å²) in [5.41, 5.74) is 2.24. The quantitative estimate of drug-likeness (QED) is 0.455. The molecule has 32 heavy (non-hydrogen) atoms. The van der Waals surface area contributed by atoms with Crippen molar-refractivity contribution in [3.05, 3.63) is 78.6 Å². The van der Waals surface area contributed by atoms with Gasteiger partial charge in [-0.25, -0.2) is 18.7 Å². The lowest BCUT2D eigenvalue weighted by atomic mass is 9.93. The molecule has 0 saturated heterocycles. The number of thiophene rings is 1. The molecule has 5 rings (SSSR count). The molecule has 0 aliphatic heterocycles. The molecule has 0 spiro atoms. The van der Waals surface area contributed by atoms with Gasteiger partial charge in [0, 0.05) is 28.4 Å². The van der Waals surface area contributed by atoms with Crippen LogP contribution in [0.15, 0.2) is 34.7 Å². The third-order valence-corrected chi connectivity index (χ3v) is 8.04. The summed E-state index contributed by atoms with van der Waals surface area (Å²) < 4.78 is 29.1. The fourth-order valence-corrected chi connectivity index (χ4v) is 6.24. The van der Waals surface area contributed by atoms with E-state index in [4.69, 9.17) is 0 Å². The maximum absolute atomic E-state index is 13.9. The van der Waals surface area contributed by atoms with Gasteiger partial charge in [-0.3, -0.25) is 9.36 Å². The van der Waals surface area contributed by atoms with Gasteiger partial charge in [-0.2, -0.15) is 0 Å². The molecule has 1 N–H and O–H groups in total. The molecule has 3 aromatic heterocycles. The van der Waals surface area contributed by atoms with Crippen molar-refractivity contribution < 1.29 is 8.78 Å². The molecule has 1 aliphatic carbocycles. The fraction of sp³-hybridized carbons (Fsp3) is 0.348. The van der Waals surface area contributed by atoms with Gasteiger partial charge < -0.3 is 5.32 Å². The number of nitrogens with one attached hydrogen (secondary N) is 1. The first-order valence-corrected chi connectivity index (χ1v) is 12.2. The van der Waals surface area contributed by atoms with Gasteiger partial charge in [0.1, 0.15) is 4.83 Å². The van der Waals surface area contributed by atoms with E-state index in [-0.39, 0.29) is 24.2 Å².